The molecule has 2 fully saturated rings. The second-order valence-corrected chi connectivity index (χ2v) is 9.97. The lowest BCUT2D eigenvalue weighted by molar-refractivity contribution is -0.136. The largest absolute Gasteiger partial charge is 0.360 e. The van der Waals surface area contributed by atoms with Gasteiger partial charge in [0.1, 0.15) is 0 Å². The number of amides is 1. The summed E-state index contributed by atoms with van der Waals surface area (Å²) in [6, 6.07) is 14.3. The number of halogens is 2. The predicted molar refractivity (Wildman–Crippen MR) is 157 cm³/mol. The van der Waals surface area contributed by atoms with Crippen LogP contribution in [0, 0.1) is 12.3 Å². The molecule has 0 spiro atoms. The fraction of sp³-hybridized carbons (Fsp3) is 0.452. The maximum absolute atomic E-state index is 13.4. The Labute approximate surface area is 228 Å². The minimum atomic E-state index is -0.270. The summed E-state index contributed by atoms with van der Waals surface area (Å²) in [4.78, 5) is 17.8. The normalized spacial score (nSPS) is 18.0. The van der Waals surface area contributed by atoms with Crippen LogP contribution < -0.4 is 4.90 Å². The van der Waals surface area contributed by atoms with Gasteiger partial charge in [-0.15, -0.1) is 6.58 Å². The molecule has 1 unspecified atom stereocenters. The second-order valence-electron chi connectivity index (χ2n) is 9.13. The highest BCUT2D eigenvalue weighted by atomic mass is 35.5. The predicted octanol–water partition coefficient (Wildman–Crippen LogP) is 9.05. The highest BCUT2D eigenvalue weighted by molar-refractivity contribution is 6.36. The Balaban J connectivity index is 0.000000694. The van der Waals surface area contributed by atoms with Crippen LogP contribution in [0.2, 0.25) is 10.0 Å². The number of carbonyl (C=O) groups excluding carboxylic acids is 1. The van der Waals surface area contributed by atoms with Gasteiger partial charge in [-0.05, 0) is 56.4 Å². The van der Waals surface area contributed by atoms with Gasteiger partial charge in [0.15, 0.2) is 0 Å². The van der Waals surface area contributed by atoms with Gasteiger partial charge in [-0.25, -0.2) is 0 Å². The third kappa shape index (κ3) is 7.63. The smallest absolute Gasteiger partial charge is 0.232 e. The number of nitrogens with zero attached hydrogens (tertiary/aromatic N) is 2. The fourth-order valence-corrected chi connectivity index (χ4v) is 4.81. The first kappa shape index (κ1) is 30.0. The van der Waals surface area contributed by atoms with Crippen LogP contribution in [0.5, 0.6) is 0 Å². The van der Waals surface area contributed by atoms with E-state index in [9.17, 15) is 4.79 Å². The van der Waals surface area contributed by atoms with Crippen molar-refractivity contribution >= 4 is 34.8 Å². The van der Waals surface area contributed by atoms with Crippen LogP contribution >= 0.6 is 23.2 Å². The Kier molecular flexibility index (Phi) is 12.1. The van der Waals surface area contributed by atoms with Crippen molar-refractivity contribution in [3.63, 3.8) is 0 Å². The van der Waals surface area contributed by atoms with Crippen LogP contribution in [0.25, 0.3) is 0 Å². The van der Waals surface area contributed by atoms with Crippen molar-refractivity contribution in [3.8, 4) is 0 Å². The summed E-state index contributed by atoms with van der Waals surface area (Å²) in [5.41, 5.74) is 3.11. The van der Waals surface area contributed by atoms with Crippen molar-refractivity contribution in [1.29, 1.82) is 0 Å². The lowest BCUT2D eigenvalue weighted by atomic mass is 9.97. The molecule has 2 aliphatic rings. The van der Waals surface area contributed by atoms with E-state index in [1.807, 2.05) is 32.1 Å². The van der Waals surface area contributed by atoms with E-state index < -0.39 is 0 Å². The van der Waals surface area contributed by atoms with E-state index in [0.29, 0.717) is 23.1 Å². The van der Waals surface area contributed by atoms with Crippen LogP contribution in [-0.4, -0.2) is 30.4 Å². The third-order valence-corrected chi connectivity index (χ3v) is 7.06. The molecule has 1 aliphatic heterocycles. The molecule has 1 atom stereocenters. The van der Waals surface area contributed by atoms with Crippen molar-refractivity contribution in [3.05, 3.63) is 88.4 Å². The van der Waals surface area contributed by atoms with E-state index in [-0.39, 0.29) is 17.4 Å². The van der Waals surface area contributed by atoms with Crippen molar-refractivity contribution in [2.45, 2.75) is 66.3 Å². The molecule has 1 saturated heterocycles. The molecule has 1 aliphatic carbocycles. The molecule has 5 heteroatoms. The molecule has 2 aromatic carbocycles. The topological polar surface area (TPSA) is 23.6 Å². The number of aryl methyl sites for hydroxylation is 1. The maximum atomic E-state index is 13.4. The number of allylic oxidation sites excluding steroid dienone is 2. The molecular formula is C31H42Cl2N2O. The number of anilines is 1. The van der Waals surface area contributed by atoms with E-state index >= 15 is 0 Å². The van der Waals surface area contributed by atoms with Crippen LogP contribution in [0.4, 0.5) is 5.69 Å². The summed E-state index contributed by atoms with van der Waals surface area (Å²) in [5, 5.41) is 1.27. The van der Waals surface area contributed by atoms with Gasteiger partial charge in [-0.2, -0.15) is 0 Å². The van der Waals surface area contributed by atoms with Crippen LogP contribution in [-0.2, 0) is 4.79 Å². The lowest BCUT2D eigenvalue weighted by Crippen LogP contribution is -2.52. The number of benzene rings is 2. The molecule has 36 heavy (non-hydrogen) atoms. The highest BCUT2D eigenvalue weighted by Crippen LogP contribution is 2.49. The Bertz CT molecular complexity index is 1010. The van der Waals surface area contributed by atoms with Gasteiger partial charge in [0.25, 0.3) is 0 Å². The van der Waals surface area contributed by atoms with Crippen molar-refractivity contribution < 1.29 is 4.79 Å². The molecule has 1 heterocycles. The number of hydrogen-bond acceptors (Lipinski definition) is 2. The van der Waals surface area contributed by atoms with E-state index in [0.717, 1.165) is 37.9 Å². The lowest BCUT2D eigenvalue weighted by Gasteiger charge is -2.44. The molecule has 196 valence electrons. The summed E-state index contributed by atoms with van der Waals surface area (Å²) in [7, 11) is 0. The number of rotatable bonds is 6. The molecule has 0 aromatic heterocycles. The monoisotopic (exact) mass is 528 g/mol. The van der Waals surface area contributed by atoms with Crippen LogP contribution in [0.3, 0.4) is 0 Å². The van der Waals surface area contributed by atoms with Gasteiger partial charge in [-0.3, -0.25) is 4.79 Å². The first-order chi connectivity index (χ1) is 17.3. The van der Waals surface area contributed by atoms with E-state index in [4.69, 9.17) is 23.2 Å². The van der Waals surface area contributed by atoms with Gasteiger partial charge in [0, 0.05) is 24.7 Å². The minimum Gasteiger partial charge on any atom is -0.360 e. The Morgan fingerprint density at radius 3 is 2.22 bits per heavy atom. The van der Waals surface area contributed by atoms with Crippen LogP contribution in [0.15, 0.2) is 67.3 Å². The average molecular weight is 530 g/mol. The van der Waals surface area contributed by atoms with Gasteiger partial charge in [0.2, 0.25) is 5.91 Å². The molecule has 0 N–H and O–H groups in total. The van der Waals surface area contributed by atoms with E-state index in [1.165, 1.54) is 11.1 Å². The first-order valence-electron chi connectivity index (χ1n) is 13.2. The Morgan fingerprint density at radius 1 is 1.06 bits per heavy atom. The standard InChI is InChI=1S/C25H28Cl2N2O.C4H8.C2H6/c1-3-4-11-25(12-13-25)24(30)28-14-15-29(22-10-9-20(26)16-21(22)27)23(17-28)19-7-5-18(2)6-8-19;1-3-4-2;1-2/h4-11,16,23H,3,12-15,17H2,1-2H3;3H,1,4H2,2H3;1-2H3/b11-4+;;. The maximum Gasteiger partial charge on any atom is 0.232 e. The van der Waals surface area contributed by atoms with E-state index in [2.05, 4.69) is 73.6 Å². The summed E-state index contributed by atoms with van der Waals surface area (Å²) < 4.78 is 0. The van der Waals surface area contributed by atoms with Gasteiger partial charge >= 0.3 is 0 Å². The van der Waals surface area contributed by atoms with Gasteiger partial charge < -0.3 is 9.80 Å². The molecule has 1 amide bonds. The molecule has 1 saturated carbocycles. The molecule has 0 radical (unpaired) electrons. The molecule has 2 aromatic rings. The quantitative estimate of drug-likeness (QED) is 0.349. The van der Waals surface area contributed by atoms with Crippen molar-refractivity contribution in [1.82, 2.24) is 4.90 Å². The SMILES string of the molecule is C=CCC.CC.CC/C=C/C1(C(=O)N2CCN(c3ccc(Cl)cc3Cl)C(c3ccc(C)cc3)C2)CC1. The number of piperazine rings is 1. The number of carbonyl (C=O) groups is 1. The number of hydrogen-bond donors (Lipinski definition) is 0. The molecule has 3 nitrogen and oxygen atoms in total. The second kappa shape index (κ2) is 14.5. The first-order valence-corrected chi connectivity index (χ1v) is 14.0. The third-order valence-electron chi connectivity index (χ3n) is 6.52. The minimum absolute atomic E-state index is 0.0490. The highest BCUT2D eigenvalue weighted by Gasteiger charge is 2.50. The van der Waals surface area contributed by atoms with E-state index in [1.54, 1.807) is 6.07 Å². The van der Waals surface area contributed by atoms with Crippen molar-refractivity contribution in [2.24, 2.45) is 5.41 Å². The summed E-state index contributed by atoms with van der Waals surface area (Å²) >= 11 is 12.7. The zero-order valence-electron chi connectivity index (χ0n) is 22.6. The fourth-order valence-electron chi connectivity index (χ4n) is 4.29. The molecular weight excluding hydrogens is 487 g/mol. The zero-order valence-corrected chi connectivity index (χ0v) is 24.1. The zero-order chi connectivity index (χ0) is 26.7. The molecule has 0 bridgehead atoms. The summed E-state index contributed by atoms with van der Waals surface area (Å²) in [6.07, 6.45) is 10.1. The van der Waals surface area contributed by atoms with Gasteiger partial charge in [0.05, 0.1) is 22.2 Å². The average Bonchev–Trinajstić information content (AvgIpc) is 3.70. The molecule has 4 rings (SSSR count). The van der Waals surface area contributed by atoms with Crippen LogP contribution in [0.1, 0.15) is 70.5 Å². The van der Waals surface area contributed by atoms with Crippen molar-refractivity contribution in [2.75, 3.05) is 24.5 Å². The Morgan fingerprint density at radius 2 is 1.69 bits per heavy atom. The van der Waals surface area contributed by atoms with Gasteiger partial charge in [-0.1, -0.05) is 99.0 Å². The Hall–Kier alpha value is -2.23. The summed E-state index contributed by atoms with van der Waals surface area (Å²) in [6.45, 7) is 15.8. The summed E-state index contributed by atoms with van der Waals surface area (Å²) in [5.74, 6) is 0.270.